The van der Waals surface area contributed by atoms with Crippen LogP contribution in [-0.4, -0.2) is 18.2 Å². The van der Waals surface area contributed by atoms with Crippen molar-refractivity contribution in [2.75, 3.05) is 6.54 Å². The van der Waals surface area contributed by atoms with E-state index in [0.717, 1.165) is 11.1 Å². The van der Waals surface area contributed by atoms with E-state index < -0.39 is 0 Å². The third kappa shape index (κ3) is 3.54. The molecule has 0 saturated carbocycles. The first-order chi connectivity index (χ1) is 9.56. The lowest BCUT2D eigenvalue weighted by Crippen LogP contribution is -2.29. The van der Waals surface area contributed by atoms with Crippen LogP contribution >= 0.6 is 0 Å². The van der Waals surface area contributed by atoms with E-state index in [4.69, 9.17) is 0 Å². The van der Waals surface area contributed by atoms with Crippen LogP contribution in [0, 0.1) is 13.8 Å². The van der Waals surface area contributed by atoms with Gasteiger partial charge in [0.15, 0.2) is 5.78 Å². The predicted molar refractivity (Wildman–Crippen MR) is 79.0 cm³/mol. The molecule has 0 aliphatic rings. The third-order valence-corrected chi connectivity index (χ3v) is 2.99. The standard InChI is InChI=1S/C17H17NO2/c1-12-8-13(2)10-15(9-12)17(20)18-11-16(19)14-6-4-3-5-7-14/h3-10H,11H2,1-2H3,(H,18,20). The number of carbonyl (C=O) groups is 2. The Morgan fingerprint density at radius 2 is 1.50 bits per heavy atom. The van der Waals surface area contributed by atoms with E-state index in [2.05, 4.69) is 5.32 Å². The van der Waals surface area contributed by atoms with Gasteiger partial charge in [-0.15, -0.1) is 0 Å². The predicted octanol–water partition coefficient (Wildman–Crippen LogP) is 2.92. The number of aryl methyl sites for hydroxylation is 2. The first-order valence-corrected chi connectivity index (χ1v) is 6.51. The van der Waals surface area contributed by atoms with Crippen molar-refractivity contribution in [3.05, 3.63) is 70.8 Å². The zero-order valence-electron chi connectivity index (χ0n) is 11.6. The van der Waals surface area contributed by atoms with Gasteiger partial charge in [0.1, 0.15) is 0 Å². The number of carbonyl (C=O) groups excluding carboxylic acids is 2. The van der Waals surface area contributed by atoms with Crippen molar-refractivity contribution in [3.63, 3.8) is 0 Å². The lowest BCUT2D eigenvalue weighted by molar-refractivity contribution is 0.0904. The van der Waals surface area contributed by atoms with Crippen LogP contribution in [-0.2, 0) is 0 Å². The first-order valence-electron chi connectivity index (χ1n) is 6.51. The molecule has 0 bridgehead atoms. The molecule has 3 heteroatoms. The fourth-order valence-electron chi connectivity index (χ4n) is 2.09. The van der Waals surface area contributed by atoms with Crippen LogP contribution in [0.1, 0.15) is 31.8 Å². The molecular weight excluding hydrogens is 250 g/mol. The summed E-state index contributed by atoms with van der Waals surface area (Å²) in [6, 6.07) is 14.6. The van der Waals surface area contributed by atoms with Gasteiger partial charge in [-0.3, -0.25) is 9.59 Å². The minimum absolute atomic E-state index is 0.00976. The van der Waals surface area contributed by atoms with Crippen molar-refractivity contribution in [1.82, 2.24) is 5.32 Å². The molecule has 0 radical (unpaired) electrons. The molecule has 0 aliphatic heterocycles. The zero-order chi connectivity index (χ0) is 14.5. The molecule has 102 valence electrons. The molecule has 2 aromatic rings. The van der Waals surface area contributed by atoms with Crippen LogP contribution in [0.2, 0.25) is 0 Å². The first kappa shape index (κ1) is 14.0. The molecule has 1 N–H and O–H groups in total. The molecule has 3 nitrogen and oxygen atoms in total. The van der Waals surface area contributed by atoms with Crippen molar-refractivity contribution < 1.29 is 9.59 Å². The second-order valence-electron chi connectivity index (χ2n) is 4.85. The van der Waals surface area contributed by atoms with Gasteiger partial charge in [-0.1, -0.05) is 47.5 Å². The van der Waals surface area contributed by atoms with Crippen LogP contribution in [0.3, 0.4) is 0 Å². The van der Waals surface area contributed by atoms with Gasteiger partial charge in [0.05, 0.1) is 6.54 Å². The largest absolute Gasteiger partial charge is 0.345 e. The normalized spacial score (nSPS) is 10.1. The highest BCUT2D eigenvalue weighted by atomic mass is 16.2. The van der Waals surface area contributed by atoms with E-state index in [-0.39, 0.29) is 18.2 Å². The number of nitrogens with one attached hydrogen (secondary N) is 1. The molecule has 0 heterocycles. The third-order valence-electron chi connectivity index (χ3n) is 2.99. The van der Waals surface area contributed by atoms with Crippen LogP contribution in [0.5, 0.6) is 0 Å². The number of benzene rings is 2. The van der Waals surface area contributed by atoms with E-state index >= 15 is 0 Å². The van der Waals surface area contributed by atoms with Gasteiger partial charge < -0.3 is 5.32 Å². The Morgan fingerprint density at radius 3 is 2.10 bits per heavy atom. The van der Waals surface area contributed by atoms with Crippen molar-refractivity contribution in [2.24, 2.45) is 0 Å². The van der Waals surface area contributed by atoms with Gasteiger partial charge in [-0.05, 0) is 26.0 Å². The topological polar surface area (TPSA) is 46.2 Å². The smallest absolute Gasteiger partial charge is 0.251 e. The number of amides is 1. The molecule has 0 atom stereocenters. The quantitative estimate of drug-likeness (QED) is 0.866. The van der Waals surface area contributed by atoms with Crippen molar-refractivity contribution in [1.29, 1.82) is 0 Å². The minimum Gasteiger partial charge on any atom is -0.345 e. The molecule has 0 aliphatic carbocycles. The maximum Gasteiger partial charge on any atom is 0.251 e. The van der Waals surface area contributed by atoms with Crippen molar-refractivity contribution >= 4 is 11.7 Å². The lowest BCUT2D eigenvalue weighted by Gasteiger charge is -2.06. The Bertz CT molecular complexity index is 612. The van der Waals surface area contributed by atoms with Gasteiger partial charge in [0.2, 0.25) is 0 Å². The van der Waals surface area contributed by atoms with E-state index in [1.54, 1.807) is 24.3 Å². The van der Waals surface area contributed by atoms with Gasteiger partial charge in [-0.2, -0.15) is 0 Å². The second-order valence-corrected chi connectivity index (χ2v) is 4.85. The SMILES string of the molecule is Cc1cc(C)cc(C(=O)NCC(=O)c2ccccc2)c1. The molecule has 0 aromatic heterocycles. The summed E-state index contributed by atoms with van der Waals surface area (Å²) >= 11 is 0. The number of hydrogen-bond acceptors (Lipinski definition) is 2. The maximum absolute atomic E-state index is 12.0. The lowest BCUT2D eigenvalue weighted by atomic mass is 10.1. The molecule has 1 amide bonds. The fraction of sp³-hybridized carbons (Fsp3) is 0.176. The van der Waals surface area contributed by atoms with E-state index in [1.165, 1.54) is 0 Å². The molecule has 20 heavy (non-hydrogen) atoms. The summed E-state index contributed by atoms with van der Waals surface area (Å²) in [5.41, 5.74) is 3.26. The Hall–Kier alpha value is -2.42. The molecule has 0 unspecified atom stereocenters. The number of ketones is 1. The van der Waals surface area contributed by atoms with E-state index in [0.29, 0.717) is 11.1 Å². The Kier molecular flexibility index (Phi) is 4.31. The average molecular weight is 267 g/mol. The molecular formula is C17H17NO2. The van der Waals surface area contributed by atoms with Crippen LogP contribution < -0.4 is 5.32 Å². The van der Waals surface area contributed by atoms with Crippen molar-refractivity contribution in [3.8, 4) is 0 Å². The fourth-order valence-corrected chi connectivity index (χ4v) is 2.09. The molecule has 0 fully saturated rings. The summed E-state index contributed by atoms with van der Waals surface area (Å²) in [6.07, 6.45) is 0. The molecule has 2 aromatic carbocycles. The number of Topliss-reactive ketones (excluding diaryl/α,β-unsaturated/α-hetero) is 1. The highest BCUT2D eigenvalue weighted by Crippen LogP contribution is 2.08. The molecule has 0 spiro atoms. The summed E-state index contributed by atoms with van der Waals surface area (Å²) in [4.78, 5) is 23.9. The van der Waals surface area contributed by atoms with Crippen LogP contribution in [0.15, 0.2) is 48.5 Å². The molecule has 0 saturated heterocycles. The summed E-state index contributed by atoms with van der Waals surface area (Å²) in [5, 5.41) is 2.66. The minimum atomic E-state index is -0.221. The summed E-state index contributed by atoms with van der Waals surface area (Å²) < 4.78 is 0. The maximum atomic E-state index is 12.0. The Balaban J connectivity index is 2.00. The second kappa shape index (κ2) is 6.15. The summed E-state index contributed by atoms with van der Waals surface area (Å²) in [6.45, 7) is 3.90. The Morgan fingerprint density at radius 1 is 0.900 bits per heavy atom. The van der Waals surface area contributed by atoms with Gasteiger partial charge in [0, 0.05) is 11.1 Å². The average Bonchev–Trinajstić information content (AvgIpc) is 2.44. The van der Waals surface area contributed by atoms with Crippen LogP contribution in [0.4, 0.5) is 0 Å². The number of rotatable bonds is 4. The number of hydrogen-bond donors (Lipinski definition) is 1. The monoisotopic (exact) mass is 267 g/mol. The van der Waals surface area contributed by atoms with Crippen LogP contribution in [0.25, 0.3) is 0 Å². The van der Waals surface area contributed by atoms with Gasteiger partial charge in [-0.25, -0.2) is 0 Å². The zero-order valence-corrected chi connectivity index (χ0v) is 11.6. The van der Waals surface area contributed by atoms with Crippen molar-refractivity contribution in [2.45, 2.75) is 13.8 Å². The van der Waals surface area contributed by atoms with E-state index in [1.807, 2.05) is 38.1 Å². The van der Waals surface area contributed by atoms with Gasteiger partial charge >= 0.3 is 0 Å². The van der Waals surface area contributed by atoms with E-state index in [9.17, 15) is 9.59 Å². The summed E-state index contributed by atoms with van der Waals surface area (Å²) in [5.74, 6) is -0.315. The molecule has 2 rings (SSSR count). The van der Waals surface area contributed by atoms with Gasteiger partial charge in [0.25, 0.3) is 5.91 Å². The highest BCUT2D eigenvalue weighted by molar-refractivity contribution is 6.02. The summed E-state index contributed by atoms with van der Waals surface area (Å²) in [7, 11) is 0. The Labute approximate surface area is 118 Å². The highest BCUT2D eigenvalue weighted by Gasteiger charge is 2.10.